The van der Waals surface area contributed by atoms with E-state index in [4.69, 9.17) is 9.72 Å². The van der Waals surface area contributed by atoms with Crippen molar-refractivity contribution in [2.24, 2.45) is 5.41 Å². The summed E-state index contributed by atoms with van der Waals surface area (Å²) in [6.07, 6.45) is 0.856. The van der Waals surface area contributed by atoms with Crippen molar-refractivity contribution in [3.05, 3.63) is 59.9 Å². The Balaban J connectivity index is 1.68. The van der Waals surface area contributed by atoms with Crippen LogP contribution in [0.15, 0.2) is 48.5 Å². The van der Waals surface area contributed by atoms with Crippen molar-refractivity contribution in [1.82, 2.24) is 14.9 Å². The van der Waals surface area contributed by atoms with Crippen LogP contribution in [0.25, 0.3) is 11.0 Å². The van der Waals surface area contributed by atoms with E-state index in [0.29, 0.717) is 13.2 Å². The van der Waals surface area contributed by atoms with Crippen LogP contribution in [-0.4, -0.2) is 22.1 Å². The Morgan fingerprint density at radius 3 is 2.57 bits per heavy atom. The smallest absolute Gasteiger partial charge is 0.225 e. The number of carbonyl (C=O) groups excluding carboxylic acids is 1. The number of carbonyl (C=O) groups is 1. The molecule has 5 nitrogen and oxygen atoms in total. The van der Waals surface area contributed by atoms with E-state index in [1.807, 2.05) is 57.2 Å². The molecular weight excluding hydrogens is 350 g/mol. The van der Waals surface area contributed by atoms with E-state index < -0.39 is 5.41 Å². The van der Waals surface area contributed by atoms with Gasteiger partial charge in [0.25, 0.3) is 0 Å². The number of amides is 1. The number of para-hydroxylation sites is 3. The Morgan fingerprint density at radius 2 is 1.82 bits per heavy atom. The van der Waals surface area contributed by atoms with E-state index >= 15 is 0 Å². The monoisotopic (exact) mass is 379 g/mol. The quantitative estimate of drug-likeness (QED) is 0.616. The van der Waals surface area contributed by atoms with Crippen LogP contribution in [0.5, 0.6) is 5.75 Å². The molecule has 0 aliphatic heterocycles. The van der Waals surface area contributed by atoms with Crippen LogP contribution in [0.3, 0.4) is 0 Å². The summed E-state index contributed by atoms with van der Waals surface area (Å²) in [6, 6.07) is 16.1. The van der Waals surface area contributed by atoms with Crippen molar-refractivity contribution in [2.75, 3.05) is 6.61 Å². The molecule has 1 amide bonds. The van der Waals surface area contributed by atoms with Gasteiger partial charge in [0, 0.05) is 12.0 Å². The number of rotatable bonds is 7. The second kappa shape index (κ2) is 8.46. The summed E-state index contributed by atoms with van der Waals surface area (Å²) in [5, 5.41) is 3.01. The summed E-state index contributed by atoms with van der Waals surface area (Å²) in [4.78, 5) is 17.0. The maximum Gasteiger partial charge on any atom is 0.225 e. The van der Waals surface area contributed by atoms with Gasteiger partial charge in [0.2, 0.25) is 5.91 Å². The number of hydrogen-bond acceptors (Lipinski definition) is 3. The zero-order valence-corrected chi connectivity index (χ0v) is 17.2. The van der Waals surface area contributed by atoms with E-state index in [1.54, 1.807) is 0 Å². The standard InChI is InChI=1S/C23H29N3O2/c1-17-10-5-8-13-20(17)28-15-9-14-26-19-12-7-6-11-18(19)25-21(26)16-24-22(27)23(2,3)4/h5-8,10-13H,9,14-16H2,1-4H3,(H,24,27). The van der Waals surface area contributed by atoms with Crippen molar-refractivity contribution in [1.29, 1.82) is 0 Å². The molecule has 1 N–H and O–H groups in total. The molecule has 0 saturated heterocycles. The Hall–Kier alpha value is -2.82. The first-order chi connectivity index (χ1) is 13.4. The van der Waals surface area contributed by atoms with E-state index in [2.05, 4.69) is 28.9 Å². The third-order valence-electron chi connectivity index (χ3n) is 4.70. The number of imidazole rings is 1. The first kappa shape index (κ1) is 19.9. The molecule has 1 heterocycles. The molecule has 0 unspecified atom stereocenters. The third-order valence-corrected chi connectivity index (χ3v) is 4.70. The van der Waals surface area contributed by atoms with Crippen LogP contribution >= 0.6 is 0 Å². The van der Waals surface area contributed by atoms with E-state index in [1.165, 1.54) is 0 Å². The molecular formula is C23H29N3O2. The van der Waals surface area contributed by atoms with Crippen molar-refractivity contribution in [3.63, 3.8) is 0 Å². The summed E-state index contributed by atoms with van der Waals surface area (Å²) in [5.41, 5.74) is 2.75. The summed E-state index contributed by atoms with van der Waals surface area (Å²) in [5.74, 6) is 1.82. The lowest BCUT2D eigenvalue weighted by atomic mass is 9.96. The number of nitrogens with one attached hydrogen (secondary N) is 1. The van der Waals surface area contributed by atoms with Crippen molar-refractivity contribution >= 4 is 16.9 Å². The minimum Gasteiger partial charge on any atom is -0.493 e. The first-order valence-electron chi connectivity index (χ1n) is 9.77. The highest BCUT2D eigenvalue weighted by Crippen LogP contribution is 2.19. The van der Waals surface area contributed by atoms with Gasteiger partial charge in [-0.25, -0.2) is 4.98 Å². The Bertz CT molecular complexity index is 954. The fraction of sp³-hybridized carbons (Fsp3) is 0.391. The zero-order chi connectivity index (χ0) is 20.1. The fourth-order valence-electron chi connectivity index (χ4n) is 3.06. The van der Waals surface area contributed by atoms with Gasteiger partial charge in [-0.1, -0.05) is 51.1 Å². The minimum absolute atomic E-state index is 0.0222. The van der Waals surface area contributed by atoms with Crippen LogP contribution in [0, 0.1) is 12.3 Å². The number of fused-ring (bicyclic) bond motifs is 1. The molecule has 148 valence electrons. The molecule has 0 fully saturated rings. The maximum absolute atomic E-state index is 12.2. The molecule has 3 aromatic rings. The van der Waals surface area contributed by atoms with Gasteiger partial charge in [-0.05, 0) is 37.1 Å². The lowest BCUT2D eigenvalue weighted by Crippen LogP contribution is -2.35. The second-order valence-electron chi connectivity index (χ2n) is 8.07. The average molecular weight is 380 g/mol. The number of benzene rings is 2. The average Bonchev–Trinajstić information content (AvgIpc) is 3.01. The van der Waals surface area contributed by atoms with Gasteiger partial charge in [-0.15, -0.1) is 0 Å². The zero-order valence-electron chi connectivity index (χ0n) is 17.2. The highest BCUT2D eigenvalue weighted by Gasteiger charge is 2.21. The second-order valence-corrected chi connectivity index (χ2v) is 8.07. The fourth-order valence-corrected chi connectivity index (χ4v) is 3.06. The van der Waals surface area contributed by atoms with Gasteiger partial charge >= 0.3 is 0 Å². The largest absolute Gasteiger partial charge is 0.493 e. The van der Waals surface area contributed by atoms with Gasteiger partial charge < -0.3 is 14.6 Å². The molecule has 0 aliphatic carbocycles. The SMILES string of the molecule is Cc1ccccc1OCCCn1c(CNC(=O)C(C)(C)C)nc2ccccc21. The Labute approximate surface area is 166 Å². The van der Waals surface area contributed by atoms with Crippen molar-refractivity contribution in [2.45, 2.75) is 47.2 Å². The molecule has 5 heteroatoms. The molecule has 3 rings (SSSR count). The lowest BCUT2D eigenvalue weighted by Gasteiger charge is -2.18. The number of hydrogen-bond donors (Lipinski definition) is 1. The van der Waals surface area contributed by atoms with Crippen molar-refractivity contribution < 1.29 is 9.53 Å². The predicted molar refractivity (Wildman–Crippen MR) is 112 cm³/mol. The van der Waals surface area contributed by atoms with Gasteiger partial charge in [0.15, 0.2) is 0 Å². The summed E-state index contributed by atoms with van der Waals surface area (Å²) >= 11 is 0. The van der Waals surface area contributed by atoms with Crippen LogP contribution in [0.1, 0.15) is 38.6 Å². The number of aryl methyl sites for hydroxylation is 2. The van der Waals surface area contributed by atoms with Crippen LogP contribution in [-0.2, 0) is 17.9 Å². The Kier molecular flexibility index (Phi) is 6.02. The van der Waals surface area contributed by atoms with E-state index in [9.17, 15) is 4.79 Å². The predicted octanol–water partition coefficient (Wildman–Crippen LogP) is 4.48. The maximum atomic E-state index is 12.2. The Morgan fingerprint density at radius 1 is 1.11 bits per heavy atom. The van der Waals surface area contributed by atoms with Crippen LogP contribution in [0.4, 0.5) is 0 Å². The van der Waals surface area contributed by atoms with E-state index in [-0.39, 0.29) is 5.91 Å². The third kappa shape index (κ3) is 4.71. The number of ether oxygens (including phenoxy) is 1. The highest BCUT2D eigenvalue weighted by atomic mass is 16.5. The topological polar surface area (TPSA) is 56.1 Å². The molecule has 0 aliphatic rings. The number of nitrogens with zero attached hydrogens (tertiary/aromatic N) is 2. The molecule has 0 radical (unpaired) electrons. The molecule has 0 atom stereocenters. The molecule has 2 aromatic carbocycles. The normalized spacial score (nSPS) is 11.6. The van der Waals surface area contributed by atoms with Crippen LogP contribution in [0.2, 0.25) is 0 Å². The molecule has 1 aromatic heterocycles. The molecule has 0 bridgehead atoms. The van der Waals surface area contributed by atoms with Crippen LogP contribution < -0.4 is 10.1 Å². The summed E-state index contributed by atoms with van der Waals surface area (Å²) in [7, 11) is 0. The highest BCUT2D eigenvalue weighted by molar-refractivity contribution is 5.81. The van der Waals surface area contributed by atoms with Gasteiger partial charge in [-0.2, -0.15) is 0 Å². The van der Waals surface area contributed by atoms with Gasteiger partial charge in [0.1, 0.15) is 11.6 Å². The van der Waals surface area contributed by atoms with Gasteiger partial charge in [-0.3, -0.25) is 4.79 Å². The summed E-state index contributed by atoms with van der Waals surface area (Å²) < 4.78 is 8.11. The van der Waals surface area contributed by atoms with Gasteiger partial charge in [0.05, 0.1) is 24.2 Å². The lowest BCUT2D eigenvalue weighted by molar-refractivity contribution is -0.128. The van der Waals surface area contributed by atoms with E-state index in [0.717, 1.165) is 41.1 Å². The summed E-state index contributed by atoms with van der Waals surface area (Å²) in [6.45, 7) is 9.62. The minimum atomic E-state index is -0.418. The first-order valence-corrected chi connectivity index (χ1v) is 9.77. The molecule has 0 spiro atoms. The number of aromatic nitrogens is 2. The molecule has 28 heavy (non-hydrogen) atoms. The molecule has 0 saturated carbocycles. The van der Waals surface area contributed by atoms with Crippen molar-refractivity contribution in [3.8, 4) is 5.75 Å².